The summed E-state index contributed by atoms with van der Waals surface area (Å²) >= 11 is 0. The fourth-order valence-corrected chi connectivity index (χ4v) is 11.4. The maximum Gasteiger partial charge on any atom is 0.245 e. The van der Waals surface area contributed by atoms with Crippen LogP contribution in [0.3, 0.4) is 0 Å². The van der Waals surface area contributed by atoms with E-state index in [1.165, 1.54) is 15.1 Å². The van der Waals surface area contributed by atoms with Crippen LogP contribution in [-0.2, 0) is 39.7 Å². The molecule has 0 radical (unpaired) electrons. The molecule has 1 fully saturated rings. The van der Waals surface area contributed by atoms with Gasteiger partial charge in [0.25, 0.3) is 0 Å². The fraction of sp³-hybridized carbons (Fsp3) is 0.256. The molecule has 19 heteroatoms. The van der Waals surface area contributed by atoms with Crippen molar-refractivity contribution in [1.82, 2.24) is 44.1 Å². The molecule has 2 aromatic heterocycles. The van der Waals surface area contributed by atoms with E-state index >= 15 is 8.42 Å². The number of anilines is 1. The molecule has 5 aromatic carbocycles. The molecule has 1 aliphatic rings. The van der Waals surface area contributed by atoms with Gasteiger partial charge < -0.3 is 29.8 Å². The first-order valence-corrected chi connectivity index (χ1v) is 22.6. The van der Waals surface area contributed by atoms with E-state index < -0.39 is 35.9 Å². The molecule has 1 aliphatic heterocycles. The summed E-state index contributed by atoms with van der Waals surface area (Å²) in [4.78, 5) is 8.65. The van der Waals surface area contributed by atoms with Gasteiger partial charge in [0.1, 0.15) is 27.0 Å². The summed E-state index contributed by atoms with van der Waals surface area (Å²) in [5, 5.41) is 12.8. The van der Waals surface area contributed by atoms with Gasteiger partial charge in [-0.25, -0.2) is 31.2 Å². The van der Waals surface area contributed by atoms with Gasteiger partial charge in [-0.1, -0.05) is 54.6 Å². The highest BCUT2D eigenvalue weighted by Crippen LogP contribution is 2.43. The van der Waals surface area contributed by atoms with Gasteiger partial charge in [0, 0.05) is 31.2 Å². The van der Waals surface area contributed by atoms with E-state index in [9.17, 15) is 8.42 Å². The van der Waals surface area contributed by atoms with Crippen molar-refractivity contribution < 1.29 is 31.0 Å². The zero-order valence-corrected chi connectivity index (χ0v) is 36.2. The molecule has 4 N–H and O–H groups in total. The third-order valence-electron chi connectivity index (χ3n) is 10.8. The minimum Gasteiger partial charge on any atom is -0.497 e. The molecule has 0 spiro atoms. The highest BCUT2D eigenvalue weighted by Gasteiger charge is 2.39. The lowest BCUT2D eigenvalue weighted by molar-refractivity contribution is 0.396. The summed E-state index contributed by atoms with van der Waals surface area (Å²) in [6.07, 6.45) is 0.534. The molecule has 8 rings (SSSR count). The lowest BCUT2D eigenvalue weighted by Crippen LogP contribution is -2.38. The Kier molecular flexibility index (Phi) is 12.0. The number of likely N-dealkylation sites (tertiary alicyclic amines) is 1. The van der Waals surface area contributed by atoms with Crippen LogP contribution >= 0.6 is 0 Å². The van der Waals surface area contributed by atoms with Gasteiger partial charge in [-0.05, 0) is 101 Å². The Hall–Kier alpha value is -6.38. The van der Waals surface area contributed by atoms with E-state index in [4.69, 9.17) is 19.9 Å². The van der Waals surface area contributed by atoms with Crippen molar-refractivity contribution >= 4 is 37.0 Å². The van der Waals surface area contributed by atoms with Crippen molar-refractivity contribution in [3.8, 4) is 39.8 Å². The zero-order chi connectivity index (χ0) is 43.6. The quantitative estimate of drug-likeness (QED) is 0.118. The Bertz CT molecular complexity index is 2870. The average Bonchev–Trinajstić information content (AvgIpc) is 4.02. The van der Waals surface area contributed by atoms with Crippen LogP contribution in [0.5, 0.6) is 17.2 Å². The average molecular weight is 879 g/mol. The van der Waals surface area contributed by atoms with Crippen LogP contribution in [-0.4, -0.2) is 104 Å². The predicted octanol–water partition coefficient (Wildman–Crippen LogP) is 4.91. The van der Waals surface area contributed by atoms with Crippen molar-refractivity contribution in [2.45, 2.75) is 41.9 Å². The molecule has 1 saturated heterocycles. The van der Waals surface area contributed by atoms with Gasteiger partial charge >= 0.3 is 0 Å². The lowest BCUT2D eigenvalue weighted by Gasteiger charge is -2.27. The van der Waals surface area contributed by atoms with Crippen molar-refractivity contribution in [3.05, 3.63) is 120 Å². The number of aromatic nitrogens is 6. The summed E-state index contributed by atoms with van der Waals surface area (Å²) in [6, 6.07) is 29.0. The first kappa shape index (κ1) is 42.3. The molecule has 0 unspecified atom stereocenters. The number of H-pyrrole nitrogens is 1. The van der Waals surface area contributed by atoms with Crippen LogP contribution in [0.4, 0.5) is 5.95 Å². The topological polar surface area (TPSA) is 213 Å². The number of methoxy groups -OCH3 is 3. The third kappa shape index (κ3) is 8.70. The molecule has 0 amide bonds. The summed E-state index contributed by atoms with van der Waals surface area (Å²) < 4.78 is 83.7. The second-order valence-corrected chi connectivity index (χ2v) is 18.5. The molecule has 17 nitrogen and oxygen atoms in total. The number of sulfonamides is 2. The highest BCUT2D eigenvalue weighted by molar-refractivity contribution is 7.92. The van der Waals surface area contributed by atoms with Crippen LogP contribution in [0.1, 0.15) is 23.1 Å². The number of fused-ring (bicyclic) bond motifs is 1. The number of tetrazole rings is 1. The monoisotopic (exact) mass is 878 g/mol. The van der Waals surface area contributed by atoms with E-state index in [0.29, 0.717) is 70.0 Å². The molecular formula is C43H46N10O7S2. The Labute approximate surface area is 359 Å². The fourth-order valence-electron chi connectivity index (χ4n) is 7.68. The van der Waals surface area contributed by atoms with Crippen molar-refractivity contribution in [2.75, 3.05) is 47.2 Å². The van der Waals surface area contributed by atoms with Crippen molar-refractivity contribution in [1.29, 1.82) is 0 Å². The number of hydrogen-bond acceptors (Lipinski definition) is 13. The summed E-state index contributed by atoms with van der Waals surface area (Å²) in [5.41, 5.74) is 9.92. The molecule has 62 heavy (non-hydrogen) atoms. The van der Waals surface area contributed by atoms with E-state index in [1.54, 1.807) is 106 Å². The van der Waals surface area contributed by atoms with E-state index in [-0.39, 0.29) is 37.0 Å². The van der Waals surface area contributed by atoms with Gasteiger partial charge in [0.05, 0.1) is 44.5 Å². The number of benzene rings is 5. The van der Waals surface area contributed by atoms with Gasteiger partial charge in [0.2, 0.25) is 20.0 Å². The summed E-state index contributed by atoms with van der Waals surface area (Å²) in [7, 11) is -2.86. The number of nitrogens with zero attached hydrogens (tertiary/aromatic N) is 7. The van der Waals surface area contributed by atoms with Crippen LogP contribution in [0.15, 0.2) is 113 Å². The maximum absolute atomic E-state index is 16.1. The van der Waals surface area contributed by atoms with Crippen LogP contribution in [0, 0.1) is 0 Å². The molecule has 3 heterocycles. The highest BCUT2D eigenvalue weighted by atomic mass is 32.2. The first-order valence-electron chi connectivity index (χ1n) is 19.6. The maximum atomic E-state index is 16.1. The second kappa shape index (κ2) is 17.5. The molecular weight excluding hydrogens is 833 g/mol. The standard InChI is InChI=1S/C43H46N10O7S2/c1-51-23-22-31(27-51)48-61(54,55)38-21-20-35(36-6-5-7-37-40(36)46-43(44)45-37)39(42-47-49-50-53(42)26-30-12-18-34(60-4)19-13-30)41(38)62(56,57)52(24-28-8-14-32(58-2)15-9-28)25-29-10-16-33(59-3)17-11-29/h5-21,31,48H,22-27H2,1-4H3,(H3,44,45,46)/t31-/m1/s1. The summed E-state index contributed by atoms with van der Waals surface area (Å²) in [6.45, 7) is 0.901. The van der Waals surface area contributed by atoms with Gasteiger partial charge in [-0.2, -0.15) is 4.31 Å². The molecule has 1 atom stereocenters. The Morgan fingerprint density at radius 2 is 1.39 bits per heavy atom. The number of likely N-dealkylation sites (N-methyl/N-ethyl adjacent to an activating group) is 1. The number of para-hydroxylation sites is 1. The number of nitrogen functional groups attached to an aromatic ring is 1. The van der Waals surface area contributed by atoms with Crippen LogP contribution in [0.2, 0.25) is 0 Å². The summed E-state index contributed by atoms with van der Waals surface area (Å²) in [5.74, 6) is 1.95. The minimum atomic E-state index is -4.86. The lowest BCUT2D eigenvalue weighted by atomic mass is 9.97. The molecule has 0 aliphatic carbocycles. The minimum absolute atomic E-state index is 0.00129. The first-order chi connectivity index (χ1) is 29.9. The molecule has 322 valence electrons. The zero-order valence-electron chi connectivity index (χ0n) is 34.5. The smallest absolute Gasteiger partial charge is 0.245 e. The van der Waals surface area contributed by atoms with E-state index in [2.05, 4.69) is 30.2 Å². The normalized spacial score (nSPS) is 14.8. The van der Waals surface area contributed by atoms with Crippen LogP contribution < -0.4 is 24.7 Å². The number of nitrogens with one attached hydrogen (secondary N) is 2. The van der Waals surface area contributed by atoms with Gasteiger partial charge in [-0.3, -0.25) is 0 Å². The third-order valence-corrected chi connectivity index (χ3v) is 14.4. The number of imidazole rings is 1. The Morgan fingerprint density at radius 3 is 1.95 bits per heavy atom. The van der Waals surface area contributed by atoms with Crippen molar-refractivity contribution in [3.63, 3.8) is 0 Å². The number of nitrogens with two attached hydrogens (primary N) is 1. The SMILES string of the molecule is COc1ccc(CN(Cc2ccc(OC)cc2)S(=O)(=O)c2c(S(=O)(=O)N[C@@H]3CCN(C)C3)ccc(-c3cccc4[nH]c(N)nc34)c2-c2nnnn2Cc2ccc(OC)cc2)cc1. The number of aromatic amines is 1. The Morgan fingerprint density at radius 1 is 0.790 bits per heavy atom. The number of ether oxygens (including phenoxy) is 3. The Balaban J connectivity index is 1.41. The van der Waals surface area contributed by atoms with E-state index in [0.717, 1.165) is 5.56 Å². The van der Waals surface area contributed by atoms with Crippen LogP contribution in [0.25, 0.3) is 33.5 Å². The predicted molar refractivity (Wildman–Crippen MR) is 233 cm³/mol. The van der Waals surface area contributed by atoms with Crippen molar-refractivity contribution in [2.24, 2.45) is 0 Å². The van der Waals surface area contributed by atoms with Gasteiger partial charge in [0.15, 0.2) is 11.8 Å². The number of rotatable bonds is 16. The van der Waals surface area contributed by atoms with Gasteiger partial charge in [-0.15, -0.1) is 5.10 Å². The molecule has 7 aromatic rings. The molecule has 0 bridgehead atoms. The second-order valence-electron chi connectivity index (χ2n) is 15.0. The number of hydrogen-bond donors (Lipinski definition) is 3. The molecule has 0 saturated carbocycles. The largest absolute Gasteiger partial charge is 0.497 e. The van der Waals surface area contributed by atoms with E-state index in [1.807, 2.05) is 24.1 Å².